The van der Waals surface area contributed by atoms with Crippen LogP contribution in [0.2, 0.25) is 0 Å². The Hall–Kier alpha value is -0.720. The van der Waals surface area contributed by atoms with Crippen LogP contribution in [0.4, 0.5) is 0 Å². The van der Waals surface area contributed by atoms with Crippen molar-refractivity contribution in [2.45, 2.75) is 77.2 Å². The van der Waals surface area contributed by atoms with Gasteiger partial charge in [0.25, 0.3) is 0 Å². The van der Waals surface area contributed by atoms with E-state index in [1.165, 1.54) is 0 Å². The van der Waals surface area contributed by atoms with Crippen LogP contribution in [0.15, 0.2) is 24.8 Å². The van der Waals surface area contributed by atoms with Gasteiger partial charge in [0.1, 0.15) is 18.3 Å². The van der Waals surface area contributed by atoms with Crippen LogP contribution in [0.3, 0.4) is 0 Å². The normalized spacial score (nSPS) is 42.8. The van der Waals surface area contributed by atoms with Gasteiger partial charge >= 0.3 is 0 Å². The molecule has 0 amide bonds. The second kappa shape index (κ2) is 7.49. The monoisotopic (exact) mass is 354 g/mol. The number of ether oxygens (including phenoxy) is 2. The predicted molar refractivity (Wildman–Crippen MR) is 96.9 cm³/mol. The number of hydrogen-bond donors (Lipinski definition) is 3. The van der Waals surface area contributed by atoms with Gasteiger partial charge in [-0.2, -0.15) is 0 Å². The Morgan fingerprint density at radius 1 is 1.28 bits per heavy atom. The molecule has 0 unspecified atom stereocenters. The predicted octanol–water partition coefficient (Wildman–Crippen LogP) is 2.41. The molecular formula is C20H34O5. The third-order valence-corrected chi connectivity index (χ3v) is 6.27. The van der Waals surface area contributed by atoms with Gasteiger partial charge in [-0.3, -0.25) is 0 Å². The lowest BCUT2D eigenvalue weighted by atomic mass is 9.60. The fourth-order valence-corrected chi connectivity index (χ4v) is 4.25. The Bertz CT molecular complexity index is 502. The van der Waals surface area contributed by atoms with Gasteiger partial charge in [0.05, 0.1) is 12.2 Å². The summed E-state index contributed by atoms with van der Waals surface area (Å²) >= 11 is 0. The minimum atomic E-state index is -1.26. The quantitative estimate of drug-likeness (QED) is 0.661. The van der Waals surface area contributed by atoms with Gasteiger partial charge in [-0.1, -0.05) is 25.2 Å². The average Bonchev–Trinajstić information content (AvgIpc) is 2.55. The summed E-state index contributed by atoms with van der Waals surface area (Å²) in [7, 11) is 0. The Labute approximate surface area is 151 Å². The standard InChI is InChI=1S/C20H34O5/c1-7-20(6)9-8-13(10-14(20)12(2)3)19(4,5)25-18-17(23)16(22)15(21)11-24-18/h7,13-18,21-23H,1-2,8-11H2,3-6H3/t13-,14+,15-,16-,17+,18-,20-/m1/s1. The molecule has 0 aromatic carbocycles. The van der Waals surface area contributed by atoms with Gasteiger partial charge in [0.15, 0.2) is 6.29 Å². The highest BCUT2D eigenvalue weighted by atomic mass is 16.7. The van der Waals surface area contributed by atoms with Gasteiger partial charge in [-0.15, -0.1) is 6.58 Å². The summed E-state index contributed by atoms with van der Waals surface area (Å²) in [5.41, 5.74) is 0.652. The van der Waals surface area contributed by atoms with E-state index in [0.29, 0.717) is 5.92 Å². The fourth-order valence-electron chi connectivity index (χ4n) is 4.25. The Balaban J connectivity index is 2.09. The maximum Gasteiger partial charge on any atom is 0.186 e. The molecule has 2 fully saturated rings. The molecule has 0 radical (unpaired) electrons. The lowest BCUT2D eigenvalue weighted by Gasteiger charge is -2.49. The SMILES string of the molecule is C=C[C@]1(C)CC[C@@H](C(C)(C)O[C@H]2OC[C@@H](O)[C@@H](O)[C@@H]2O)C[C@H]1C(=C)C. The molecule has 1 saturated heterocycles. The molecule has 5 nitrogen and oxygen atoms in total. The fraction of sp³-hybridized carbons (Fsp3) is 0.800. The zero-order valence-electron chi connectivity index (χ0n) is 15.9. The lowest BCUT2D eigenvalue weighted by Crippen LogP contribution is -2.56. The van der Waals surface area contributed by atoms with Gasteiger partial charge in [-0.25, -0.2) is 0 Å². The summed E-state index contributed by atoms with van der Waals surface area (Å²) in [6.07, 6.45) is 0.406. The molecule has 3 N–H and O–H groups in total. The number of hydrogen-bond acceptors (Lipinski definition) is 5. The maximum atomic E-state index is 10.1. The zero-order chi connectivity index (χ0) is 19.0. The van der Waals surface area contributed by atoms with Crippen LogP contribution in [0.25, 0.3) is 0 Å². The molecule has 25 heavy (non-hydrogen) atoms. The van der Waals surface area contributed by atoms with Crippen molar-refractivity contribution in [2.24, 2.45) is 17.3 Å². The van der Waals surface area contributed by atoms with E-state index in [1.807, 2.05) is 19.9 Å². The molecule has 1 aliphatic heterocycles. The minimum Gasteiger partial charge on any atom is -0.388 e. The summed E-state index contributed by atoms with van der Waals surface area (Å²) in [6.45, 7) is 16.4. The number of aliphatic hydroxyl groups excluding tert-OH is 3. The summed E-state index contributed by atoms with van der Waals surface area (Å²) in [5.74, 6) is 0.596. The second-order valence-corrected chi connectivity index (χ2v) is 8.55. The summed E-state index contributed by atoms with van der Waals surface area (Å²) in [4.78, 5) is 0. The van der Waals surface area contributed by atoms with E-state index in [1.54, 1.807) is 0 Å². The highest BCUT2D eigenvalue weighted by molar-refractivity contribution is 5.13. The van der Waals surface area contributed by atoms with Crippen molar-refractivity contribution in [1.82, 2.24) is 0 Å². The first kappa shape index (κ1) is 20.6. The molecule has 0 spiro atoms. The van der Waals surface area contributed by atoms with Crippen LogP contribution in [0.5, 0.6) is 0 Å². The van der Waals surface area contributed by atoms with Crippen LogP contribution in [-0.4, -0.2) is 52.1 Å². The Kier molecular flexibility index (Phi) is 6.17. The van der Waals surface area contributed by atoms with Gasteiger partial charge in [-0.05, 0) is 57.3 Å². The Morgan fingerprint density at radius 3 is 2.48 bits per heavy atom. The van der Waals surface area contributed by atoms with E-state index < -0.39 is 30.2 Å². The third-order valence-electron chi connectivity index (χ3n) is 6.27. The van der Waals surface area contributed by atoms with Crippen molar-refractivity contribution >= 4 is 0 Å². The van der Waals surface area contributed by atoms with E-state index in [2.05, 4.69) is 27.0 Å². The molecule has 1 aliphatic carbocycles. The number of aliphatic hydroxyl groups is 3. The Morgan fingerprint density at radius 2 is 1.92 bits per heavy atom. The van der Waals surface area contributed by atoms with E-state index in [0.717, 1.165) is 24.8 Å². The third kappa shape index (κ3) is 4.17. The molecular weight excluding hydrogens is 320 g/mol. The van der Waals surface area contributed by atoms with Crippen molar-refractivity contribution < 1.29 is 24.8 Å². The first-order valence-electron chi connectivity index (χ1n) is 9.14. The molecule has 1 saturated carbocycles. The van der Waals surface area contributed by atoms with Crippen LogP contribution in [0, 0.1) is 17.3 Å². The molecule has 0 aromatic rings. The van der Waals surface area contributed by atoms with Crippen LogP contribution in [0.1, 0.15) is 47.0 Å². The largest absolute Gasteiger partial charge is 0.388 e. The van der Waals surface area contributed by atoms with E-state index in [4.69, 9.17) is 9.47 Å². The van der Waals surface area contributed by atoms with E-state index in [-0.39, 0.29) is 17.9 Å². The van der Waals surface area contributed by atoms with Gasteiger partial charge in [0.2, 0.25) is 0 Å². The zero-order valence-corrected chi connectivity index (χ0v) is 15.9. The van der Waals surface area contributed by atoms with Crippen molar-refractivity contribution in [3.63, 3.8) is 0 Å². The number of allylic oxidation sites excluding steroid dienone is 2. The summed E-state index contributed by atoms with van der Waals surface area (Å²) < 4.78 is 11.5. The van der Waals surface area contributed by atoms with Crippen molar-refractivity contribution in [1.29, 1.82) is 0 Å². The minimum absolute atomic E-state index is 0.0412. The van der Waals surface area contributed by atoms with Crippen LogP contribution >= 0.6 is 0 Å². The number of rotatable bonds is 5. The van der Waals surface area contributed by atoms with Crippen molar-refractivity contribution in [3.8, 4) is 0 Å². The molecule has 7 atom stereocenters. The summed E-state index contributed by atoms with van der Waals surface area (Å²) in [5, 5.41) is 29.6. The first-order valence-corrected chi connectivity index (χ1v) is 9.14. The first-order chi connectivity index (χ1) is 11.5. The van der Waals surface area contributed by atoms with Gasteiger partial charge in [0, 0.05) is 0 Å². The summed E-state index contributed by atoms with van der Waals surface area (Å²) in [6, 6.07) is 0. The second-order valence-electron chi connectivity index (χ2n) is 8.55. The molecule has 144 valence electrons. The average molecular weight is 354 g/mol. The van der Waals surface area contributed by atoms with Gasteiger partial charge < -0.3 is 24.8 Å². The molecule has 2 rings (SSSR count). The molecule has 0 bridgehead atoms. The molecule has 1 heterocycles. The molecule has 0 aromatic heterocycles. The van der Waals surface area contributed by atoms with Crippen molar-refractivity contribution in [2.75, 3.05) is 6.61 Å². The highest BCUT2D eigenvalue weighted by Gasteiger charge is 2.46. The smallest absolute Gasteiger partial charge is 0.186 e. The highest BCUT2D eigenvalue weighted by Crippen LogP contribution is 2.50. The lowest BCUT2D eigenvalue weighted by molar-refractivity contribution is -0.305. The topological polar surface area (TPSA) is 79.2 Å². The van der Waals surface area contributed by atoms with Crippen LogP contribution < -0.4 is 0 Å². The maximum absolute atomic E-state index is 10.1. The molecule has 2 aliphatic rings. The molecule has 5 heteroatoms. The van der Waals surface area contributed by atoms with Crippen molar-refractivity contribution in [3.05, 3.63) is 24.8 Å². The van der Waals surface area contributed by atoms with E-state index in [9.17, 15) is 15.3 Å². The van der Waals surface area contributed by atoms with Crippen LogP contribution in [-0.2, 0) is 9.47 Å². The van der Waals surface area contributed by atoms with E-state index >= 15 is 0 Å².